The maximum Gasteiger partial charge on any atom is 0.240 e. The number of nitrogens with one attached hydrogen (secondary N) is 1. The van der Waals surface area contributed by atoms with Crippen molar-refractivity contribution in [3.8, 4) is 0 Å². The van der Waals surface area contributed by atoms with Gasteiger partial charge in [0.25, 0.3) is 0 Å². The van der Waals surface area contributed by atoms with E-state index in [-0.39, 0.29) is 0 Å². The van der Waals surface area contributed by atoms with Crippen LogP contribution in [0.3, 0.4) is 0 Å². The number of amides is 1. The van der Waals surface area contributed by atoms with E-state index in [1.54, 1.807) is 6.92 Å². The fourth-order valence-electron chi connectivity index (χ4n) is 3.25. The summed E-state index contributed by atoms with van der Waals surface area (Å²) in [7, 11) is -3.56. The molecule has 1 N–H and O–H groups in total. The molecule has 1 fully saturated rings. The maximum absolute atomic E-state index is 12.4. The van der Waals surface area contributed by atoms with Crippen molar-refractivity contribution in [1.82, 2.24) is 4.72 Å². The van der Waals surface area contributed by atoms with Crippen LogP contribution in [-0.2, 0) is 21.2 Å². The lowest BCUT2D eigenvalue weighted by Gasteiger charge is -2.23. The molecule has 0 aromatic heterocycles. The quantitative estimate of drug-likeness (QED) is 0.848. The zero-order valence-corrected chi connectivity index (χ0v) is 15.7. The van der Waals surface area contributed by atoms with Crippen molar-refractivity contribution in [1.29, 1.82) is 0 Å². The van der Waals surface area contributed by atoms with Gasteiger partial charge in [-0.05, 0) is 43.2 Å². The summed E-state index contributed by atoms with van der Waals surface area (Å²) in [6, 6.07) is 7.90. The predicted octanol–water partition coefficient (Wildman–Crippen LogP) is 3.77. The smallest absolute Gasteiger partial charge is 0.240 e. The first-order valence-corrected chi connectivity index (χ1v) is 10.5. The third kappa shape index (κ3) is 5.07. The molecule has 0 unspecified atom stereocenters. The highest BCUT2D eigenvalue weighted by Gasteiger charge is 2.30. The number of carbonyl (C=O) groups excluding carboxylic acids is 1. The van der Waals surface area contributed by atoms with E-state index in [1.807, 2.05) is 24.3 Å². The standard InChI is InChI=1S/C19H29NO3S/c1-14(2)13-16-9-11-17(12-10-16)15(3)19(21)20-24(22,23)18-7-5-4-6-8-18/h9-12,14-15,18H,4-8,13H2,1-3H3,(H,20,21)/t15-/m1/s1. The van der Waals surface area contributed by atoms with E-state index in [1.165, 1.54) is 5.56 Å². The molecule has 24 heavy (non-hydrogen) atoms. The third-order valence-corrected chi connectivity index (χ3v) is 6.59. The Kier molecular flexibility index (Phi) is 6.44. The fraction of sp³-hybridized carbons (Fsp3) is 0.632. The summed E-state index contributed by atoms with van der Waals surface area (Å²) in [5, 5.41) is -0.421. The van der Waals surface area contributed by atoms with Gasteiger partial charge in [-0.15, -0.1) is 0 Å². The summed E-state index contributed by atoms with van der Waals surface area (Å²) in [6.07, 6.45) is 5.23. The van der Waals surface area contributed by atoms with E-state index < -0.39 is 27.1 Å². The first-order chi connectivity index (χ1) is 11.3. The van der Waals surface area contributed by atoms with Gasteiger partial charge < -0.3 is 0 Å². The molecule has 1 amide bonds. The van der Waals surface area contributed by atoms with Crippen LogP contribution in [0.5, 0.6) is 0 Å². The molecule has 4 nitrogen and oxygen atoms in total. The van der Waals surface area contributed by atoms with Gasteiger partial charge in [0.1, 0.15) is 0 Å². The molecule has 0 saturated heterocycles. The summed E-state index contributed by atoms with van der Waals surface area (Å²) in [5.41, 5.74) is 2.08. The maximum atomic E-state index is 12.4. The van der Waals surface area contributed by atoms with Crippen molar-refractivity contribution < 1.29 is 13.2 Å². The van der Waals surface area contributed by atoms with E-state index in [0.717, 1.165) is 31.2 Å². The molecule has 0 heterocycles. The summed E-state index contributed by atoms with van der Waals surface area (Å²) >= 11 is 0. The van der Waals surface area contributed by atoms with Crippen LogP contribution in [0.15, 0.2) is 24.3 Å². The van der Waals surface area contributed by atoms with Crippen LogP contribution < -0.4 is 4.72 Å². The Morgan fingerprint density at radius 1 is 1.08 bits per heavy atom. The Labute approximate surface area is 146 Å². The number of benzene rings is 1. The van der Waals surface area contributed by atoms with E-state index in [0.29, 0.717) is 18.8 Å². The molecule has 0 aliphatic heterocycles. The van der Waals surface area contributed by atoms with E-state index in [4.69, 9.17) is 0 Å². The van der Waals surface area contributed by atoms with E-state index in [2.05, 4.69) is 18.6 Å². The molecule has 1 aromatic rings. The van der Waals surface area contributed by atoms with Crippen LogP contribution in [0.25, 0.3) is 0 Å². The molecule has 1 aliphatic rings. The second-order valence-electron chi connectivity index (χ2n) is 7.33. The molecule has 0 bridgehead atoms. The van der Waals surface area contributed by atoms with Gasteiger partial charge in [0.05, 0.1) is 11.2 Å². The average molecular weight is 352 g/mol. The minimum absolute atomic E-state index is 0.421. The summed E-state index contributed by atoms with van der Waals surface area (Å²) in [4.78, 5) is 12.4. The lowest BCUT2D eigenvalue weighted by Crippen LogP contribution is -2.41. The van der Waals surface area contributed by atoms with Crippen LogP contribution in [0.1, 0.15) is 69.9 Å². The van der Waals surface area contributed by atoms with Crippen LogP contribution in [-0.4, -0.2) is 19.6 Å². The molecule has 1 atom stereocenters. The monoisotopic (exact) mass is 351 g/mol. The molecule has 0 spiro atoms. The van der Waals surface area contributed by atoms with Gasteiger partial charge >= 0.3 is 0 Å². The molecule has 1 aliphatic carbocycles. The Morgan fingerprint density at radius 3 is 2.21 bits per heavy atom. The normalized spacial score (nSPS) is 17.7. The first kappa shape index (κ1) is 19.0. The van der Waals surface area contributed by atoms with Gasteiger partial charge in [0.15, 0.2) is 0 Å². The van der Waals surface area contributed by atoms with Gasteiger partial charge in [-0.2, -0.15) is 0 Å². The van der Waals surface area contributed by atoms with Crippen LogP contribution in [0.2, 0.25) is 0 Å². The highest BCUT2D eigenvalue weighted by atomic mass is 32.2. The highest BCUT2D eigenvalue weighted by Crippen LogP contribution is 2.24. The second kappa shape index (κ2) is 8.15. The summed E-state index contributed by atoms with van der Waals surface area (Å²) < 4.78 is 27.1. The summed E-state index contributed by atoms with van der Waals surface area (Å²) in [6.45, 7) is 6.09. The van der Waals surface area contributed by atoms with E-state index in [9.17, 15) is 13.2 Å². The Bertz CT molecular complexity index is 644. The zero-order valence-electron chi connectivity index (χ0n) is 14.9. The molecule has 1 aromatic carbocycles. The second-order valence-corrected chi connectivity index (χ2v) is 9.29. The number of rotatable bonds is 6. The Morgan fingerprint density at radius 2 is 1.67 bits per heavy atom. The van der Waals surface area contributed by atoms with Gasteiger partial charge in [-0.3, -0.25) is 9.52 Å². The third-order valence-electron chi connectivity index (χ3n) is 4.75. The minimum atomic E-state index is -3.56. The van der Waals surface area contributed by atoms with Crippen LogP contribution in [0.4, 0.5) is 0 Å². The first-order valence-electron chi connectivity index (χ1n) is 8.94. The van der Waals surface area contributed by atoms with Crippen molar-refractivity contribution in [3.05, 3.63) is 35.4 Å². The lowest BCUT2D eigenvalue weighted by molar-refractivity contribution is -0.120. The van der Waals surface area contributed by atoms with Gasteiger partial charge in [-0.25, -0.2) is 8.42 Å². The average Bonchev–Trinajstić information content (AvgIpc) is 2.55. The molecular weight excluding hydrogens is 322 g/mol. The van der Waals surface area contributed by atoms with Crippen LogP contribution in [0, 0.1) is 5.92 Å². The highest BCUT2D eigenvalue weighted by molar-refractivity contribution is 7.90. The SMILES string of the molecule is CC(C)Cc1ccc([C@@H](C)C(=O)NS(=O)(=O)C2CCCCC2)cc1. The Hall–Kier alpha value is -1.36. The molecule has 2 rings (SSSR count). The topological polar surface area (TPSA) is 63.2 Å². The molecule has 5 heteroatoms. The fourth-order valence-corrected chi connectivity index (χ4v) is 4.83. The van der Waals surface area contributed by atoms with Gasteiger partial charge in [-0.1, -0.05) is 57.4 Å². The van der Waals surface area contributed by atoms with Crippen LogP contribution >= 0.6 is 0 Å². The number of hydrogen-bond donors (Lipinski definition) is 1. The predicted molar refractivity (Wildman–Crippen MR) is 97.3 cm³/mol. The van der Waals surface area contributed by atoms with Gasteiger partial charge in [0, 0.05) is 0 Å². The van der Waals surface area contributed by atoms with Crippen molar-refractivity contribution in [2.24, 2.45) is 5.92 Å². The van der Waals surface area contributed by atoms with Crippen molar-refractivity contribution >= 4 is 15.9 Å². The summed E-state index contributed by atoms with van der Waals surface area (Å²) in [5.74, 6) is -0.328. The van der Waals surface area contributed by atoms with Crippen molar-refractivity contribution in [2.45, 2.75) is 70.5 Å². The molecule has 1 saturated carbocycles. The van der Waals surface area contributed by atoms with Gasteiger partial charge in [0.2, 0.25) is 15.9 Å². The minimum Gasteiger partial charge on any atom is -0.273 e. The number of sulfonamides is 1. The largest absolute Gasteiger partial charge is 0.273 e. The van der Waals surface area contributed by atoms with Crippen molar-refractivity contribution in [2.75, 3.05) is 0 Å². The Balaban J connectivity index is 2.00. The molecule has 0 radical (unpaired) electrons. The molecular formula is C19H29NO3S. The number of carbonyl (C=O) groups is 1. The van der Waals surface area contributed by atoms with E-state index >= 15 is 0 Å². The molecule has 134 valence electrons. The zero-order chi connectivity index (χ0) is 17.7. The number of hydrogen-bond acceptors (Lipinski definition) is 3. The lowest BCUT2D eigenvalue weighted by atomic mass is 9.96. The van der Waals surface area contributed by atoms with Crippen molar-refractivity contribution in [3.63, 3.8) is 0 Å².